The van der Waals surface area contributed by atoms with Crippen molar-refractivity contribution in [2.75, 3.05) is 7.11 Å². The summed E-state index contributed by atoms with van der Waals surface area (Å²) in [7, 11) is 1.70. The molecule has 0 aliphatic heterocycles. The van der Waals surface area contributed by atoms with Gasteiger partial charge in [-0.2, -0.15) is 0 Å². The van der Waals surface area contributed by atoms with E-state index >= 15 is 0 Å². The molecular formula is C21H18OSe. The van der Waals surface area contributed by atoms with Gasteiger partial charge in [0, 0.05) is 0 Å². The van der Waals surface area contributed by atoms with Gasteiger partial charge in [0.1, 0.15) is 0 Å². The Bertz CT molecular complexity index is 762. The molecule has 0 spiro atoms. The van der Waals surface area contributed by atoms with Crippen molar-refractivity contribution in [3.63, 3.8) is 0 Å². The fourth-order valence-corrected chi connectivity index (χ4v) is 4.33. The zero-order valence-electron chi connectivity index (χ0n) is 13.0. The van der Waals surface area contributed by atoms with Gasteiger partial charge < -0.3 is 0 Å². The summed E-state index contributed by atoms with van der Waals surface area (Å²) < 4.78 is 8.00. The Hall–Kier alpha value is -2.28. The normalized spacial score (nSPS) is 11.3. The van der Waals surface area contributed by atoms with Crippen molar-refractivity contribution < 1.29 is 4.74 Å². The van der Waals surface area contributed by atoms with Crippen LogP contribution in [0, 0.1) is 0 Å². The minimum absolute atomic E-state index is 0.256. The summed E-state index contributed by atoms with van der Waals surface area (Å²) in [6, 6.07) is 29.5. The predicted octanol–water partition coefficient (Wildman–Crippen LogP) is 4.22. The molecule has 3 aromatic rings. The molecule has 3 rings (SSSR count). The summed E-state index contributed by atoms with van der Waals surface area (Å²) in [5.74, 6) is 0.889. The summed E-state index contributed by atoms with van der Waals surface area (Å²) in [5, 5.41) is 0. The Balaban J connectivity index is 1.97. The van der Waals surface area contributed by atoms with Crippen LogP contribution in [0.15, 0.2) is 84.9 Å². The Kier molecular flexibility index (Phi) is 5.31. The van der Waals surface area contributed by atoms with E-state index in [9.17, 15) is 0 Å². The second-order valence-corrected chi connectivity index (χ2v) is 7.40. The van der Waals surface area contributed by atoms with E-state index in [1.807, 2.05) is 18.2 Å². The van der Waals surface area contributed by atoms with Gasteiger partial charge in [-0.25, -0.2) is 0 Å². The van der Waals surface area contributed by atoms with E-state index in [0.717, 1.165) is 5.75 Å². The molecule has 0 unspecified atom stereocenters. The molecule has 114 valence electrons. The van der Waals surface area contributed by atoms with Gasteiger partial charge in [0.2, 0.25) is 0 Å². The first-order valence-electron chi connectivity index (χ1n) is 7.49. The standard InChI is InChI=1S/C21H18OSe/c1-22-19-14-12-18(13-15-19)21(16-17-8-4-2-5-9-17)23-20-10-6-3-7-11-20/h2-16H,1H3/b21-16-. The molecule has 0 aromatic heterocycles. The molecule has 0 aliphatic carbocycles. The molecule has 0 saturated carbocycles. The predicted molar refractivity (Wildman–Crippen MR) is 99.1 cm³/mol. The molecule has 0 N–H and O–H groups in total. The molecule has 3 aromatic carbocycles. The monoisotopic (exact) mass is 366 g/mol. The van der Waals surface area contributed by atoms with Crippen LogP contribution in [0.3, 0.4) is 0 Å². The third-order valence-corrected chi connectivity index (χ3v) is 5.71. The van der Waals surface area contributed by atoms with E-state index in [1.165, 1.54) is 20.1 Å². The number of methoxy groups -OCH3 is 1. The molecule has 0 aliphatic rings. The van der Waals surface area contributed by atoms with Crippen LogP contribution in [-0.2, 0) is 0 Å². The molecule has 0 bridgehead atoms. The summed E-state index contributed by atoms with van der Waals surface area (Å²) in [6.07, 6.45) is 2.29. The third kappa shape index (κ3) is 4.35. The number of rotatable bonds is 5. The summed E-state index contributed by atoms with van der Waals surface area (Å²) in [6.45, 7) is 0. The summed E-state index contributed by atoms with van der Waals surface area (Å²) >= 11 is 0.256. The van der Waals surface area contributed by atoms with Gasteiger partial charge in [0.05, 0.1) is 0 Å². The van der Waals surface area contributed by atoms with Crippen molar-refractivity contribution in [3.8, 4) is 5.75 Å². The number of benzene rings is 3. The van der Waals surface area contributed by atoms with Crippen LogP contribution >= 0.6 is 0 Å². The zero-order chi connectivity index (χ0) is 15.9. The van der Waals surface area contributed by atoms with Crippen LogP contribution in [0.5, 0.6) is 5.75 Å². The quantitative estimate of drug-likeness (QED) is 0.486. The third-order valence-electron chi connectivity index (χ3n) is 3.44. The van der Waals surface area contributed by atoms with E-state index in [2.05, 4.69) is 72.8 Å². The number of hydrogen-bond acceptors (Lipinski definition) is 1. The average Bonchev–Trinajstić information content (AvgIpc) is 2.63. The number of ether oxygens (including phenoxy) is 1. The maximum atomic E-state index is 5.27. The van der Waals surface area contributed by atoms with Gasteiger partial charge in [-0.15, -0.1) is 0 Å². The van der Waals surface area contributed by atoms with Gasteiger partial charge in [0.25, 0.3) is 0 Å². The zero-order valence-corrected chi connectivity index (χ0v) is 14.7. The Morgan fingerprint density at radius 1 is 0.783 bits per heavy atom. The van der Waals surface area contributed by atoms with Gasteiger partial charge in [-0.1, -0.05) is 0 Å². The summed E-state index contributed by atoms with van der Waals surface area (Å²) in [5.41, 5.74) is 2.48. The van der Waals surface area contributed by atoms with Crippen LogP contribution in [0.2, 0.25) is 0 Å². The van der Waals surface area contributed by atoms with Gasteiger partial charge in [0.15, 0.2) is 0 Å². The molecule has 0 amide bonds. The van der Waals surface area contributed by atoms with E-state index < -0.39 is 0 Å². The SMILES string of the molecule is COc1ccc(/C(=C/c2ccccc2)[Se]c2ccccc2)cc1. The first-order valence-corrected chi connectivity index (χ1v) is 9.20. The van der Waals surface area contributed by atoms with Crippen molar-refractivity contribution in [3.05, 3.63) is 96.1 Å². The Morgan fingerprint density at radius 3 is 2.00 bits per heavy atom. The van der Waals surface area contributed by atoms with E-state index in [4.69, 9.17) is 4.74 Å². The van der Waals surface area contributed by atoms with Crippen LogP contribution < -0.4 is 9.20 Å². The molecule has 23 heavy (non-hydrogen) atoms. The van der Waals surface area contributed by atoms with Crippen LogP contribution in [0.4, 0.5) is 0 Å². The maximum absolute atomic E-state index is 5.27. The topological polar surface area (TPSA) is 9.23 Å². The first-order chi connectivity index (χ1) is 11.3. The van der Waals surface area contributed by atoms with Gasteiger partial charge in [-0.3, -0.25) is 0 Å². The molecule has 1 nitrogen and oxygen atoms in total. The fraction of sp³-hybridized carbons (Fsp3) is 0.0476. The summed E-state index contributed by atoms with van der Waals surface area (Å²) in [4.78, 5) is 0. The van der Waals surface area contributed by atoms with Crippen molar-refractivity contribution in [2.45, 2.75) is 0 Å². The second kappa shape index (κ2) is 7.82. The van der Waals surface area contributed by atoms with E-state index in [-0.39, 0.29) is 15.0 Å². The van der Waals surface area contributed by atoms with Crippen molar-refractivity contribution >= 4 is 30.0 Å². The molecule has 2 heteroatoms. The molecule has 0 saturated heterocycles. The number of hydrogen-bond donors (Lipinski definition) is 0. The van der Waals surface area contributed by atoms with Crippen molar-refractivity contribution in [1.82, 2.24) is 0 Å². The van der Waals surface area contributed by atoms with Gasteiger partial charge >= 0.3 is 144 Å². The van der Waals surface area contributed by atoms with Crippen molar-refractivity contribution in [1.29, 1.82) is 0 Å². The van der Waals surface area contributed by atoms with Gasteiger partial charge in [-0.05, 0) is 0 Å². The Labute approximate surface area is 143 Å². The van der Waals surface area contributed by atoms with Crippen LogP contribution in [0.1, 0.15) is 11.1 Å². The van der Waals surface area contributed by atoms with E-state index in [0.29, 0.717) is 0 Å². The minimum atomic E-state index is 0.256. The first kappa shape index (κ1) is 15.6. The van der Waals surface area contributed by atoms with E-state index in [1.54, 1.807) is 7.11 Å². The molecule has 0 fully saturated rings. The Morgan fingerprint density at radius 2 is 1.39 bits per heavy atom. The average molecular weight is 365 g/mol. The molecule has 0 atom stereocenters. The fourth-order valence-electron chi connectivity index (χ4n) is 2.24. The second-order valence-electron chi connectivity index (χ2n) is 5.06. The van der Waals surface area contributed by atoms with Crippen molar-refractivity contribution in [2.24, 2.45) is 0 Å². The molecule has 0 radical (unpaired) electrons. The molecular weight excluding hydrogens is 347 g/mol. The van der Waals surface area contributed by atoms with Crippen LogP contribution in [-0.4, -0.2) is 22.1 Å². The van der Waals surface area contributed by atoms with Crippen LogP contribution in [0.25, 0.3) is 10.5 Å². The molecule has 0 heterocycles.